The zero-order chi connectivity index (χ0) is 16.1. The highest BCUT2D eigenvalue weighted by Gasteiger charge is 2.33. The molecule has 0 saturated heterocycles. The molecule has 1 aliphatic rings. The summed E-state index contributed by atoms with van der Waals surface area (Å²) in [5.41, 5.74) is 2.69. The standard InChI is InChI=1S/C20H23NO2/c22-15-20(11-4-5-12-20)14-21-19(23)18-10-6-9-17(13-18)16-7-2-1-3-8-16/h1-3,6-10,13,22H,4-5,11-12,14-15H2,(H,21,23). The third-order valence-electron chi connectivity index (χ3n) is 4.86. The fraction of sp³-hybridized carbons (Fsp3) is 0.350. The van der Waals surface area contributed by atoms with Gasteiger partial charge in [-0.2, -0.15) is 0 Å². The van der Waals surface area contributed by atoms with Crippen LogP contribution in [-0.2, 0) is 0 Å². The molecule has 3 rings (SSSR count). The van der Waals surface area contributed by atoms with E-state index >= 15 is 0 Å². The number of rotatable bonds is 5. The van der Waals surface area contributed by atoms with Crippen LogP contribution >= 0.6 is 0 Å². The Balaban J connectivity index is 1.70. The van der Waals surface area contributed by atoms with Gasteiger partial charge in [-0.15, -0.1) is 0 Å². The first-order valence-corrected chi connectivity index (χ1v) is 8.27. The van der Waals surface area contributed by atoms with Gasteiger partial charge in [-0.25, -0.2) is 0 Å². The zero-order valence-corrected chi connectivity index (χ0v) is 13.3. The molecule has 0 radical (unpaired) electrons. The van der Waals surface area contributed by atoms with E-state index in [4.69, 9.17) is 0 Å². The summed E-state index contributed by atoms with van der Waals surface area (Å²) in [4.78, 5) is 12.5. The number of amides is 1. The maximum absolute atomic E-state index is 12.5. The summed E-state index contributed by atoms with van der Waals surface area (Å²) in [7, 11) is 0. The van der Waals surface area contributed by atoms with Crippen molar-refractivity contribution in [2.45, 2.75) is 25.7 Å². The highest BCUT2D eigenvalue weighted by molar-refractivity contribution is 5.95. The molecule has 120 valence electrons. The molecule has 0 unspecified atom stereocenters. The molecule has 0 spiro atoms. The van der Waals surface area contributed by atoms with E-state index in [0.29, 0.717) is 12.1 Å². The van der Waals surface area contributed by atoms with Gasteiger partial charge in [0.05, 0.1) is 6.61 Å². The average Bonchev–Trinajstić information content (AvgIpc) is 3.10. The van der Waals surface area contributed by atoms with Crippen molar-refractivity contribution >= 4 is 5.91 Å². The van der Waals surface area contributed by atoms with Gasteiger partial charge in [-0.1, -0.05) is 55.3 Å². The molecule has 23 heavy (non-hydrogen) atoms. The zero-order valence-electron chi connectivity index (χ0n) is 13.3. The van der Waals surface area contributed by atoms with E-state index < -0.39 is 0 Å². The Morgan fingerprint density at radius 1 is 1.00 bits per heavy atom. The lowest BCUT2D eigenvalue weighted by Crippen LogP contribution is -2.38. The van der Waals surface area contributed by atoms with Crippen LogP contribution in [0, 0.1) is 5.41 Å². The van der Waals surface area contributed by atoms with Gasteiger partial charge in [0, 0.05) is 17.5 Å². The molecule has 2 N–H and O–H groups in total. The highest BCUT2D eigenvalue weighted by Crippen LogP contribution is 2.36. The van der Waals surface area contributed by atoms with Gasteiger partial charge in [0.2, 0.25) is 0 Å². The summed E-state index contributed by atoms with van der Waals surface area (Å²) >= 11 is 0. The lowest BCUT2D eigenvalue weighted by atomic mass is 9.87. The molecule has 0 heterocycles. The Kier molecular flexibility index (Phi) is 4.77. The maximum atomic E-state index is 12.5. The molecule has 3 heteroatoms. The normalized spacial score (nSPS) is 16.2. The number of aliphatic hydroxyl groups is 1. The van der Waals surface area contributed by atoms with E-state index in [1.807, 2.05) is 54.6 Å². The number of benzene rings is 2. The third-order valence-corrected chi connectivity index (χ3v) is 4.86. The van der Waals surface area contributed by atoms with E-state index in [0.717, 1.165) is 36.8 Å². The van der Waals surface area contributed by atoms with Gasteiger partial charge in [-0.3, -0.25) is 4.79 Å². The first-order chi connectivity index (χ1) is 11.2. The summed E-state index contributed by atoms with van der Waals surface area (Å²) in [5, 5.41) is 12.7. The van der Waals surface area contributed by atoms with Crippen LogP contribution in [0.2, 0.25) is 0 Å². The number of hydrogen-bond donors (Lipinski definition) is 2. The second-order valence-corrected chi connectivity index (χ2v) is 6.49. The van der Waals surface area contributed by atoms with Gasteiger partial charge >= 0.3 is 0 Å². The fourth-order valence-electron chi connectivity index (χ4n) is 3.36. The van der Waals surface area contributed by atoms with Crippen LogP contribution in [0.5, 0.6) is 0 Å². The molecule has 0 bridgehead atoms. The minimum Gasteiger partial charge on any atom is -0.396 e. The largest absolute Gasteiger partial charge is 0.396 e. The molecule has 1 fully saturated rings. The van der Waals surface area contributed by atoms with E-state index in [2.05, 4.69) is 5.32 Å². The number of carbonyl (C=O) groups excluding carboxylic acids is 1. The SMILES string of the molecule is O=C(NCC1(CO)CCCC1)c1cccc(-c2ccccc2)c1. The van der Waals surface area contributed by atoms with Gasteiger partial charge in [0.25, 0.3) is 5.91 Å². The lowest BCUT2D eigenvalue weighted by Gasteiger charge is -2.26. The van der Waals surface area contributed by atoms with Crippen molar-refractivity contribution in [2.75, 3.05) is 13.2 Å². The second kappa shape index (κ2) is 6.97. The Hall–Kier alpha value is -2.13. The molecule has 1 aliphatic carbocycles. The van der Waals surface area contributed by atoms with Gasteiger partial charge in [0.1, 0.15) is 0 Å². The fourth-order valence-corrected chi connectivity index (χ4v) is 3.36. The van der Waals surface area contributed by atoms with Gasteiger partial charge in [0.15, 0.2) is 0 Å². The van der Waals surface area contributed by atoms with Crippen molar-refractivity contribution in [3.05, 3.63) is 60.2 Å². The van der Waals surface area contributed by atoms with Crippen LogP contribution in [0.4, 0.5) is 0 Å². The first kappa shape index (κ1) is 15.8. The Labute approximate surface area is 137 Å². The summed E-state index contributed by atoms with van der Waals surface area (Å²) in [6.45, 7) is 0.704. The smallest absolute Gasteiger partial charge is 0.251 e. The molecule has 3 nitrogen and oxygen atoms in total. The van der Waals surface area contributed by atoms with E-state index in [9.17, 15) is 9.90 Å². The molecule has 0 aromatic heterocycles. The molecule has 0 atom stereocenters. The number of carbonyl (C=O) groups is 1. The summed E-state index contributed by atoms with van der Waals surface area (Å²) in [6.07, 6.45) is 4.27. The predicted octanol–water partition coefficient (Wildman–Crippen LogP) is 3.64. The molecular weight excluding hydrogens is 286 g/mol. The predicted molar refractivity (Wildman–Crippen MR) is 92.2 cm³/mol. The van der Waals surface area contributed by atoms with E-state index in [1.54, 1.807) is 0 Å². The highest BCUT2D eigenvalue weighted by atomic mass is 16.3. The molecular formula is C20H23NO2. The number of nitrogens with one attached hydrogen (secondary N) is 1. The molecule has 1 amide bonds. The average molecular weight is 309 g/mol. The molecule has 2 aromatic rings. The van der Waals surface area contributed by atoms with Crippen LogP contribution in [0.15, 0.2) is 54.6 Å². The van der Waals surface area contributed by atoms with E-state index in [1.165, 1.54) is 0 Å². The quantitative estimate of drug-likeness (QED) is 0.886. The summed E-state index contributed by atoms with van der Waals surface area (Å²) in [6, 6.07) is 17.7. The molecule has 0 aliphatic heterocycles. The van der Waals surface area contributed by atoms with Crippen molar-refractivity contribution < 1.29 is 9.90 Å². The second-order valence-electron chi connectivity index (χ2n) is 6.49. The summed E-state index contributed by atoms with van der Waals surface area (Å²) in [5.74, 6) is -0.0671. The minimum absolute atomic E-state index is 0.0671. The monoisotopic (exact) mass is 309 g/mol. The lowest BCUT2D eigenvalue weighted by molar-refractivity contribution is 0.0880. The maximum Gasteiger partial charge on any atom is 0.251 e. The van der Waals surface area contributed by atoms with Crippen molar-refractivity contribution in [3.8, 4) is 11.1 Å². The third kappa shape index (κ3) is 3.62. The Morgan fingerprint density at radius 3 is 2.39 bits per heavy atom. The summed E-state index contributed by atoms with van der Waals surface area (Å²) < 4.78 is 0. The molecule has 1 saturated carbocycles. The van der Waals surface area contributed by atoms with Crippen LogP contribution < -0.4 is 5.32 Å². The minimum atomic E-state index is -0.118. The topological polar surface area (TPSA) is 49.3 Å². The number of aliphatic hydroxyl groups excluding tert-OH is 1. The van der Waals surface area contributed by atoms with Gasteiger partial charge < -0.3 is 10.4 Å². The Bertz CT molecular complexity index is 660. The van der Waals surface area contributed by atoms with Crippen molar-refractivity contribution in [1.82, 2.24) is 5.32 Å². The van der Waals surface area contributed by atoms with Crippen LogP contribution in [0.3, 0.4) is 0 Å². The van der Waals surface area contributed by atoms with Crippen LogP contribution in [-0.4, -0.2) is 24.2 Å². The molecule has 2 aromatic carbocycles. The van der Waals surface area contributed by atoms with Crippen molar-refractivity contribution in [1.29, 1.82) is 0 Å². The van der Waals surface area contributed by atoms with Crippen molar-refractivity contribution in [3.63, 3.8) is 0 Å². The Morgan fingerprint density at radius 2 is 1.70 bits per heavy atom. The first-order valence-electron chi connectivity index (χ1n) is 8.27. The van der Waals surface area contributed by atoms with E-state index in [-0.39, 0.29) is 17.9 Å². The van der Waals surface area contributed by atoms with Gasteiger partial charge in [-0.05, 0) is 36.1 Å². The number of hydrogen-bond acceptors (Lipinski definition) is 2. The van der Waals surface area contributed by atoms with Crippen molar-refractivity contribution in [2.24, 2.45) is 5.41 Å². The van der Waals surface area contributed by atoms with Crippen LogP contribution in [0.1, 0.15) is 36.0 Å². The van der Waals surface area contributed by atoms with Crippen LogP contribution in [0.25, 0.3) is 11.1 Å².